The van der Waals surface area contributed by atoms with Crippen molar-refractivity contribution < 1.29 is 4.42 Å². The van der Waals surface area contributed by atoms with Crippen LogP contribution in [0.25, 0.3) is 0 Å². The van der Waals surface area contributed by atoms with Gasteiger partial charge in [0.05, 0.1) is 6.26 Å². The first-order valence-electron chi connectivity index (χ1n) is 5.43. The lowest BCUT2D eigenvalue weighted by Crippen LogP contribution is -2.58. The van der Waals surface area contributed by atoms with Crippen LogP contribution in [0, 0.1) is 5.41 Å². The fourth-order valence-corrected chi connectivity index (χ4v) is 3.37. The Hall–Kier alpha value is -0.760. The van der Waals surface area contributed by atoms with Crippen LogP contribution >= 0.6 is 0 Å². The fraction of sp³-hybridized carbons (Fsp3) is 0.667. The number of hydrogen-bond donors (Lipinski definition) is 1. The summed E-state index contributed by atoms with van der Waals surface area (Å²) in [5.41, 5.74) is 2.17. The quantitative estimate of drug-likeness (QED) is 0.681. The van der Waals surface area contributed by atoms with E-state index in [0.29, 0.717) is 5.41 Å². The predicted octanol–water partition coefficient (Wildman–Crippen LogP) is 2.44. The SMILES string of the molecule is CC1(C)CC2(C1)NCCc1occc12. The van der Waals surface area contributed by atoms with Gasteiger partial charge in [0.1, 0.15) is 5.76 Å². The molecule has 1 aromatic heterocycles. The van der Waals surface area contributed by atoms with E-state index in [0.717, 1.165) is 13.0 Å². The smallest absolute Gasteiger partial charge is 0.110 e. The summed E-state index contributed by atoms with van der Waals surface area (Å²) < 4.78 is 5.52. The molecule has 0 amide bonds. The van der Waals surface area contributed by atoms with E-state index in [1.165, 1.54) is 24.2 Å². The second-order valence-corrected chi connectivity index (χ2v) is 5.53. The van der Waals surface area contributed by atoms with Gasteiger partial charge in [0.2, 0.25) is 0 Å². The molecule has 3 rings (SSSR count). The predicted molar refractivity (Wildman–Crippen MR) is 55.1 cm³/mol. The second-order valence-electron chi connectivity index (χ2n) is 5.53. The summed E-state index contributed by atoms with van der Waals surface area (Å²) in [5, 5.41) is 3.67. The van der Waals surface area contributed by atoms with Gasteiger partial charge >= 0.3 is 0 Å². The number of fused-ring (bicyclic) bond motifs is 2. The Balaban J connectivity index is 1.98. The van der Waals surface area contributed by atoms with E-state index in [4.69, 9.17) is 4.42 Å². The molecule has 2 heterocycles. The van der Waals surface area contributed by atoms with E-state index in [2.05, 4.69) is 25.2 Å². The fourth-order valence-electron chi connectivity index (χ4n) is 3.37. The minimum Gasteiger partial charge on any atom is -0.469 e. The van der Waals surface area contributed by atoms with Gasteiger partial charge < -0.3 is 9.73 Å². The van der Waals surface area contributed by atoms with Crippen molar-refractivity contribution in [1.82, 2.24) is 5.32 Å². The molecule has 0 unspecified atom stereocenters. The van der Waals surface area contributed by atoms with Crippen LogP contribution in [0.5, 0.6) is 0 Å². The Morgan fingerprint density at radius 1 is 1.36 bits per heavy atom. The van der Waals surface area contributed by atoms with Gasteiger partial charge in [-0.1, -0.05) is 13.8 Å². The number of nitrogens with one attached hydrogen (secondary N) is 1. The molecule has 2 aliphatic rings. The molecule has 0 bridgehead atoms. The third-order valence-corrected chi connectivity index (χ3v) is 3.64. The Labute approximate surface area is 84.7 Å². The molecule has 1 fully saturated rings. The van der Waals surface area contributed by atoms with Crippen LogP contribution in [0.1, 0.15) is 38.0 Å². The summed E-state index contributed by atoms with van der Waals surface area (Å²) >= 11 is 0. The Morgan fingerprint density at radius 2 is 2.14 bits per heavy atom. The zero-order valence-corrected chi connectivity index (χ0v) is 8.89. The summed E-state index contributed by atoms with van der Waals surface area (Å²) in [7, 11) is 0. The topological polar surface area (TPSA) is 25.2 Å². The van der Waals surface area contributed by atoms with E-state index in [-0.39, 0.29) is 5.54 Å². The molecule has 1 spiro atoms. The van der Waals surface area contributed by atoms with E-state index in [9.17, 15) is 0 Å². The standard InChI is InChI=1S/C12H17NO/c1-11(2)7-12(8-11)9-4-6-14-10(9)3-5-13-12/h4,6,13H,3,5,7-8H2,1-2H3. The molecular weight excluding hydrogens is 174 g/mol. The number of hydrogen-bond acceptors (Lipinski definition) is 2. The third-order valence-electron chi connectivity index (χ3n) is 3.64. The molecule has 2 heteroatoms. The molecule has 1 aliphatic carbocycles. The van der Waals surface area contributed by atoms with E-state index < -0.39 is 0 Å². The van der Waals surface area contributed by atoms with Crippen LogP contribution in [-0.4, -0.2) is 6.54 Å². The monoisotopic (exact) mass is 191 g/mol. The summed E-state index contributed by atoms with van der Waals surface area (Å²) in [4.78, 5) is 0. The molecule has 0 saturated heterocycles. The third kappa shape index (κ3) is 1.01. The average molecular weight is 191 g/mol. The molecule has 0 atom stereocenters. The van der Waals surface area contributed by atoms with Gasteiger partial charge in [-0.15, -0.1) is 0 Å². The summed E-state index contributed by atoms with van der Waals surface area (Å²) in [6, 6.07) is 2.15. The van der Waals surface area contributed by atoms with Crippen LogP contribution in [0.4, 0.5) is 0 Å². The summed E-state index contributed by atoms with van der Waals surface area (Å²) in [6.45, 7) is 5.75. The largest absolute Gasteiger partial charge is 0.469 e. The van der Waals surface area contributed by atoms with Gasteiger partial charge in [-0.25, -0.2) is 0 Å². The lowest BCUT2D eigenvalue weighted by molar-refractivity contribution is 0.0219. The normalized spacial score (nSPS) is 27.0. The number of furan rings is 1. The second kappa shape index (κ2) is 2.43. The maximum absolute atomic E-state index is 5.52. The highest BCUT2D eigenvalue weighted by Crippen LogP contribution is 2.55. The van der Waals surface area contributed by atoms with Crippen molar-refractivity contribution in [3.63, 3.8) is 0 Å². The highest BCUT2D eigenvalue weighted by molar-refractivity contribution is 5.33. The van der Waals surface area contributed by atoms with Gasteiger partial charge in [-0.2, -0.15) is 0 Å². The molecule has 0 radical (unpaired) electrons. The van der Waals surface area contributed by atoms with Crippen molar-refractivity contribution in [2.24, 2.45) is 5.41 Å². The molecule has 14 heavy (non-hydrogen) atoms. The van der Waals surface area contributed by atoms with Crippen LogP contribution in [0.15, 0.2) is 16.7 Å². The van der Waals surface area contributed by atoms with Crippen molar-refractivity contribution in [2.75, 3.05) is 6.54 Å². The van der Waals surface area contributed by atoms with E-state index in [1.54, 1.807) is 0 Å². The maximum Gasteiger partial charge on any atom is 0.110 e. The lowest BCUT2D eigenvalue weighted by Gasteiger charge is -2.55. The molecule has 2 nitrogen and oxygen atoms in total. The van der Waals surface area contributed by atoms with Crippen molar-refractivity contribution >= 4 is 0 Å². The van der Waals surface area contributed by atoms with Crippen LogP contribution < -0.4 is 5.32 Å². The van der Waals surface area contributed by atoms with Crippen molar-refractivity contribution in [3.8, 4) is 0 Å². The molecule has 0 aromatic carbocycles. The van der Waals surface area contributed by atoms with Crippen molar-refractivity contribution in [1.29, 1.82) is 0 Å². The highest BCUT2D eigenvalue weighted by Gasteiger charge is 2.52. The minimum absolute atomic E-state index is 0.254. The Bertz CT molecular complexity index is 356. The molecular formula is C12H17NO. The summed E-state index contributed by atoms with van der Waals surface area (Å²) in [5.74, 6) is 1.21. The Morgan fingerprint density at radius 3 is 2.86 bits per heavy atom. The molecule has 1 saturated carbocycles. The minimum atomic E-state index is 0.254. The van der Waals surface area contributed by atoms with Crippen molar-refractivity contribution in [3.05, 3.63) is 23.7 Å². The maximum atomic E-state index is 5.52. The first kappa shape index (κ1) is 8.54. The zero-order valence-electron chi connectivity index (χ0n) is 8.89. The molecule has 1 N–H and O–H groups in total. The molecule has 76 valence electrons. The average Bonchev–Trinajstić information content (AvgIpc) is 2.49. The van der Waals surface area contributed by atoms with E-state index in [1.807, 2.05) is 6.26 Å². The van der Waals surface area contributed by atoms with Crippen LogP contribution in [-0.2, 0) is 12.0 Å². The van der Waals surface area contributed by atoms with Crippen molar-refractivity contribution in [2.45, 2.75) is 38.6 Å². The Kier molecular flexibility index (Phi) is 1.48. The first-order chi connectivity index (χ1) is 6.61. The van der Waals surface area contributed by atoms with Crippen LogP contribution in [0.2, 0.25) is 0 Å². The van der Waals surface area contributed by atoms with Gasteiger partial charge in [0.15, 0.2) is 0 Å². The number of rotatable bonds is 0. The lowest BCUT2D eigenvalue weighted by atomic mass is 9.56. The first-order valence-corrected chi connectivity index (χ1v) is 5.43. The van der Waals surface area contributed by atoms with Gasteiger partial charge in [0, 0.05) is 24.1 Å². The van der Waals surface area contributed by atoms with Gasteiger partial charge in [-0.3, -0.25) is 0 Å². The molecule has 1 aliphatic heterocycles. The van der Waals surface area contributed by atoms with Crippen LogP contribution in [0.3, 0.4) is 0 Å². The summed E-state index contributed by atoms with van der Waals surface area (Å²) in [6.07, 6.45) is 5.37. The van der Waals surface area contributed by atoms with E-state index >= 15 is 0 Å². The van der Waals surface area contributed by atoms with Gasteiger partial charge in [0.25, 0.3) is 0 Å². The molecule has 1 aromatic rings. The highest BCUT2D eigenvalue weighted by atomic mass is 16.3. The van der Waals surface area contributed by atoms with Gasteiger partial charge in [-0.05, 0) is 24.3 Å². The zero-order chi connectivity index (χ0) is 9.81.